The summed E-state index contributed by atoms with van der Waals surface area (Å²) in [5, 5.41) is 2.68. The molecule has 1 aromatic heterocycles. The van der Waals surface area contributed by atoms with E-state index in [1.54, 1.807) is 4.90 Å². The van der Waals surface area contributed by atoms with E-state index in [0.29, 0.717) is 38.5 Å². The van der Waals surface area contributed by atoms with Gasteiger partial charge in [0.05, 0.1) is 13.2 Å². The van der Waals surface area contributed by atoms with Gasteiger partial charge in [-0.1, -0.05) is 0 Å². The summed E-state index contributed by atoms with van der Waals surface area (Å²) in [7, 11) is 1.91. The molecule has 8 nitrogen and oxygen atoms in total. The first-order valence-corrected chi connectivity index (χ1v) is 8.68. The molecule has 0 atom stereocenters. The van der Waals surface area contributed by atoms with Gasteiger partial charge in [0.1, 0.15) is 5.60 Å². The van der Waals surface area contributed by atoms with E-state index in [2.05, 4.69) is 10.3 Å². The number of nitrogens with zero attached hydrogens (tertiary/aromatic N) is 4. The van der Waals surface area contributed by atoms with Crippen molar-refractivity contribution in [2.75, 3.05) is 26.2 Å². The molecule has 1 saturated heterocycles. The lowest BCUT2D eigenvalue weighted by molar-refractivity contribution is -0.658. The molecular weight excluding hydrogens is 334 g/mol. The Morgan fingerprint density at radius 1 is 1.27 bits per heavy atom. The first-order chi connectivity index (χ1) is 12.2. The number of amides is 2. The van der Waals surface area contributed by atoms with Gasteiger partial charge in [-0.15, -0.1) is 0 Å². The zero-order valence-electron chi connectivity index (χ0n) is 16.2. The first kappa shape index (κ1) is 19.7. The van der Waals surface area contributed by atoms with Crippen LogP contribution in [-0.4, -0.2) is 60.0 Å². The van der Waals surface area contributed by atoms with Crippen molar-refractivity contribution in [2.45, 2.75) is 33.3 Å². The van der Waals surface area contributed by atoms with E-state index < -0.39 is 5.60 Å². The lowest BCUT2D eigenvalue weighted by atomic mass is 10.2. The fourth-order valence-electron chi connectivity index (χ4n) is 2.68. The molecule has 2 amide bonds. The summed E-state index contributed by atoms with van der Waals surface area (Å²) in [6.45, 7) is 9.66. The average molecular weight is 362 g/mol. The molecule has 1 aliphatic rings. The molecule has 1 fully saturated rings. The van der Waals surface area contributed by atoms with Crippen molar-refractivity contribution in [1.82, 2.24) is 15.1 Å². The summed E-state index contributed by atoms with van der Waals surface area (Å²) in [5.74, 6) is 1.25. The Kier molecular flexibility index (Phi) is 6.18. The predicted octanol–water partition coefficient (Wildman–Crippen LogP) is 1.11. The number of rotatable bonds is 2. The van der Waals surface area contributed by atoms with Crippen LogP contribution < -0.4 is 9.88 Å². The maximum atomic E-state index is 12.2. The second-order valence-electron chi connectivity index (χ2n) is 7.28. The second kappa shape index (κ2) is 8.16. The summed E-state index contributed by atoms with van der Waals surface area (Å²) >= 11 is 0. The molecule has 0 aromatic carbocycles. The van der Waals surface area contributed by atoms with Gasteiger partial charge in [-0.2, -0.15) is 0 Å². The lowest BCUT2D eigenvalue weighted by Gasteiger charge is -2.35. The number of aromatic nitrogens is 1. The van der Waals surface area contributed by atoms with Crippen LogP contribution >= 0.6 is 0 Å². The van der Waals surface area contributed by atoms with Gasteiger partial charge in [0.25, 0.3) is 0 Å². The number of pyridine rings is 1. The number of carbonyl (C=O) groups is 2. The molecule has 0 spiro atoms. The standard InChI is InChI=1S/C18H27N5O3/c1-14-7-6-8-21(5)15(14)20-16(19-13-24)22-9-11-23(12-10-22)17(25)26-18(2,3)4/h6-8,13H,9-12H2,1-5H3/p+1. The van der Waals surface area contributed by atoms with Crippen LogP contribution in [0.5, 0.6) is 0 Å². The average Bonchev–Trinajstić information content (AvgIpc) is 2.56. The van der Waals surface area contributed by atoms with Crippen LogP contribution in [0.2, 0.25) is 0 Å². The number of ether oxygens (including phenoxy) is 1. The van der Waals surface area contributed by atoms with Crippen molar-refractivity contribution in [1.29, 1.82) is 0 Å². The summed E-state index contributed by atoms with van der Waals surface area (Å²) in [4.78, 5) is 31.5. The highest BCUT2D eigenvalue weighted by atomic mass is 16.6. The van der Waals surface area contributed by atoms with Crippen molar-refractivity contribution in [3.63, 3.8) is 0 Å². The van der Waals surface area contributed by atoms with Gasteiger partial charge >= 0.3 is 17.9 Å². The third-order valence-corrected chi connectivity index (χ3v) is 3.97. The maximum Gasteiger partial charge on any atom is 0.410 e. The Morgan fingerprint density at radius 3 is 2.42 bits per heavy atom. The van der Waals surface area contributed by atoms with Crippen LogP contribution in [0.4, 0.5) is 10.6 Å². The molecule has 0 saturated carbocycles. The van der Waals surface area contributed by atoms with E-state index in [4.69, 9.17) is 4.74 Å². The van der Waals surface area contributed by atoms with Crippen LogP contribution in [0, 0.1) is 6.92 Å². The molecule has 2 heterocycles. The quantitative estimate of drug-likeness (QED) is 0.370. The largest absolute Gasteiger partial charge is 0.444 e. The highest BCUT2D eigenvalue weighted by molar-refractivity contribution is 5.90. The molecule has 0 aliphatic carbocycles. The number of piperazine rings is 1. The minimum atomic E-state index is -0.514. The molecular formula is C18H28N5O3+. The molecule has 1 aliphatic heterocycles. The van der Waals surface area contributed by atoms with Gasteiger partial charge < -0.3 is 14.5 Å². The molecule has 1 N–H and O–H groups in total. The van der Waals surface area contributed by atoms with Crippen molar-refractivity contribution in [3.8, 4) is 0 Å². The summed E-state index contributed by atoms with van der Waals surface area (Å²) in [6.07, 6.45) is 2.21. The number of aliphatic imine (C=N–C) groups is 1. The molecule has 142 valence electrons. The number of hydrogen-bond acceptors (Lipinski definition) is 4. The molecule has 8 heteroatoms. The van der Waals surface area contributed by atoms with E-state index in [0.717, 1.165) is 11.4 Å². The Hall–Kier alpha value is -2.64. The van der Waals surface area contributed by atoms with Gasteiger partial charge in [0, 0.05) is 31.7 Å². The third-order valence-electron chi connectivity index (χ3n) is 3.97. The second-order valence-corrected chi connectivity index (χ2v) is 7.28. The van der Waals surface area contributed by atoms with E-state index in [1.165, 1.54) is 0 Å². The Morgan fingerprint density at radius 2 is 1.88 bits per heavy atom. The number of aryl methyl sites for hydroxylation is 2. The van der Waals surface area contributed by atoms with Gasteiger partial charge in [0.2, 0.25) is 6.41 Å². The number of nitrogens with one attached hydrogen (secondary N) is 1. The first-order valence-electron chi connectivity index (χ1n) is 8.68. The highest BCUT2D eigenvalue weighted by Gasteiger charge is 2.29. The number of guanidine groups is 1. The third kappa shape index (κ3) is 5.18. The topological polar surface area (TPSA) is 78.1 Å². The van der Waals surface area contributed by atoms with Gasteiger partial charge in [-0.3, -0.25) is 10.1 Å². The molecule has 26 heavy (non-hydrogen) atoms. The van der Waals surface area contributed by atoms with Gasteiger partial charge in [-0.05, 0) is 44.8 Å². The normalized spacial score (nSPS) is 15.7. The Balaban J connectivity index is 2.10. The Labute approximate surface area is 154 Å². The smallest absolute Gasteiger partial charge is 0.410 e. The zero-order valence-corrected chi connectivity index (χ0v) is 16.2. The summed E-state index contributed by atoms with van der Waals surface area (Å²) in [5.41, 5.74) is 0.493. The fourth-order valence-corrected chi connectivity index (χ4v) is 2.68. The lowest BCUT2D eigenvalue weighted by Crippen LogP contribution is -2.54. The molecule has 0 unspecified atom stereocenters. The number of carbonyl (C=O) groups excluding carboxylic acids is 2. The SMILES string of the molecule is Cc1ccc[n+](C)c1/N=C(\NC=O)N1CCN(C(=O)OC(C)(C)C)CC1. The molecule has 0 radical (unpaired) electrons. The van der Waals surface area contributed by atoms with E-state index >= 15 is 0 Å². The summed E-state index contributed by atoms with van der Waals surface area (Å²) < 4.78 is 7.31. The predicted molar refractivity (Wildman–Crippen MR) is 98.0 cm³/mol. The van der Waals surface area contributed by atoms with E-state index in [9.17, 15) is 9.59 Å². The van der Waals surface area contributed by atoms with Crippen LogP contribution in [0.15, 0.2) is 23.3 Å². The summed E-state index contributed by atoms with van der Waals surface area (Å²) in [6, 6.07) is 3.92. The number of hydrogen-bond donors (Lipinski definition) is 1. The van der Waals surface area contributed by atoms with E-state index in [1.807, 2.05) is 62.5 Å². The highest BCUT2D eigenvalue weighted by Crippen LogP contribution is 2.14. The van der Waals surface area contributed by atoms with E-state index in [-0.39, 0.29) is 6.09 Å². The maximum absolute atomic E-state index is 12.2. The van der Waals surface area contributed by atoms with Gasteiger partial charge in [-0.25, -0.2) is 9.36 Å². The fraction of sp³-hybridized carbons (Fsp3) is 0.556. The van der Waals surface area contributed by atoms with Crippen molar-refractivity contribution < 1.29 is 18.9 Å². The van der Waals surface area contributed by atoms with Gasteiger partial charge in [0.15, 0.2) is 0 Å². The molecule has 1 aromatic rings. The van der Waals surface area contributed by atoms with Crippen LogP contribution in [0.25, 0.3) is 0 Å². The molecule has 0 bridgehead atoms. The van der Waals surface area contributed by atoms with Crippen molar-refractivity contribution in [3.05, 3.63) is 23.9 Å². The van der Waals surface area contributed by atoms with Crippen LogP contribution in [-0.2, 0) is 16.6 Å². The minimum Gasteiger partial charge on any atom is -0.444 e. The van der Waals surface area contributed by atoms with Crippen molar-refractivity contribution >= 4 is 24.3 Å². The monoisotopic (exact) mass is 362 g/mol. The van der Waals surface area contributed by atoms with Crippen molar-refractivity contribution in [2.24, 2.45) is 12.0 Å². The van der Waals surface area contributed by atoms with Crippen LogP contribution in [0.3, 0.4) is 0 Å². The minimum absolute atomic E-state index is 0.315. The molecule has 2 rings (SSSR count). The zero-order chi connectivity index (χ0) is 19.3. The Bertz CT molecular complexity index is 668. The van der Waals surface area contributed by atoms with Crippen LogP contribution in [0.1, 0.15) is 26.3 Å².